The fourth-order valence-electron chi connectivity index (χ4n) is 3.07. The lowest BCUT2D eigenvalue weighted by Gasteiger charge is -2.35. The van der Waals surface area contributed by atoms with Gasteiger partial charge in [0.15, 0.2) is 0 Å². The maximum absolute atomic E-state index is 5.82. The molecule has 0 spiro atoms. The van der Waals surface area contributed by atoms with Crippen molar-refractivity contribution in [1.29, 1.82) is 0 Å². The van der Waals surface area contributed by atoms with E-state index in [0.29, 0.717) is 23.9 Å². The summed E-state index contributed by atoms with van der Waals surface area (Å²) in [6.07, 6.45) is 0. The van der Waals surface area contributed by atoms with Crippen molar-refractivity contribution >= 4 is 0 Å². The lowest BCUT2D eigenvalue weighted by atomic mass is 9.91. The van der Waals surface area contributed by atoms with Crippen LogP contribution in [0.5, 0.6) is 5.75 Å². The van der Waals surface area contributed by atoms with Crippen molar-refractivity contribution in [3.63, 3.8) is 0 Å². The van der Waals surface area contributed by atoms with Crippen molar-refractivity contribution in [2.24, 2.45) is 11.8 Å². The Morgan fingerprint density at radius 2 is 2.00 bits per heavy atom. The van der Waals surface area contributed by atoms with E-state index in [9.17, 15) is 0 Å². The van der Waals surface area contributed by atoms with Gasteiger partial charge in [-0.3, -0.25) is 0 Å². The van der Waals surface area contributed by atoms with E-state index in [1.807, 2.05) is 6.07 Å². The Bertz CT molecular complexity index is 423. The molecule has 0 radical (unpaired) electrons. The highest BCUT2D eigenvalue weighted by Crippen LogP contribution is 2.34. The summed E-state index contributed by atoms with van der Waals surface area (Å²) in [6.45, 7) is 8.63. The summed E-state index contributed by atoms with van der Waals surface area (Å²) < 4.78 is 5.82. The fourth-order valence-corrected chi connectivity index (χ4v) is 3.07. The standard InChI is InChI=1S/C17H28N2O/c1-12(2)15(19(4)5)10-18-17-13(3)11-20-16-9-7-6-8-14(16)17/h6-9,12-13,15,17-18H,10-11H2,1-5H3. The van der Waals surface area contributed by atoms with Crippen molar-refractivity contribution in [1.82, 2.24) is 10.2 Å². The van der Waals surface area contributed by atoms with Gasteiger partial charge < -0.3 is 15.0 Å². The molecule has 1 heterocycles. The van der Waals surface area contributed by atoms with Crippen LogP contribution in [0.1, 0.15) is 32.4 Å². The number of hydrogen-bond acceptors (Lipinski definition) is 3. The molecule has 0 saturated heterocycles. The van der Waals surface area contributed by atoms with Gasteiger partial charge in [0, 0.05) is 30.1 Å². The number of benzene rings is 1. The Kier molecular flexibility index (Phi) is 5.06. The molecule has 0 saturated carbocycles. The molecule has 0 fully saturated rings. The molecule has 2 rings (SSSR count). The van der Waals surface area contributed by atoms with Gasteiger partial charge in [-0.2, -0.15) is 0 Å². The van der Waals surface area contributed by atoms with E-state index in [0.717, 1.165) is 18.9 Å². The molecule has 1 aromatic carbocycles. The van der Waals surface area contributed by atoms with Crippen LogP contribution in [-0.2, 0) is 0 Å². The van der Waals surface area contributed by atoms with E-state index < -0.39 is 0 Å². The summed E-state index contributed by atoms with van der Waals surface area (Å²) >= 11 is 0. The number of likely N-dealkylation sites (N-methyl/N-ethyl adjacent to an activating group) is 1. The van der Waals surface area contributed by atoms with Gasteiger partial charge in [0.1, 0.15) is 5.75 Å². The molecule has 1 aliphatic rings. The van der Waals surface area contributed by atoms with E-state index in [2.05, 4.69) is 63.3 Å². The maximum atomic E-state index is 5.82. The van der Waals surface area contributed by atoms with Crippen LogP contribution in [-0.4, -0.2) is 38.2 Å². The molecule has 0 aromatic heterocycles. The average molecular weight is 276 g/mol. The average Bonchev–Trinajstić information content (AvgIpc) is 2.40. The van der Waals surface area contributed by atoms with Crippen LogP contribution in [0, 0.1) is 11.8 Å². The van der Waals surface area contributed by atoms with E-state index in [1.54, 1.807) is 0 Å². The minimum absolute atomic E-state index is 0.390. The highest BCUT2D eigenvalue weighted by Gasteiger charge is 2.28. The van der Waals surface area contributed by atoms with E-state index >= 15 is 0 Å². The molecule has 3 unspecified atom stereocenters. The maximum Gasteiger partial charge on any atom is 0.124 e. The van der Waals surface area contributed by atoms with Crippen LogP contribution in [0.2, 0.25) is 0 Å². The zero-order valence-corrected chi connectivity index (χ0v) is 13.4. The van der Waals surface area contributed by atoms with Crippen molar-refractivity contribution in [2.45, 2.75) is 32.9 Å². The van der Waals surface area contributed by atoms with Gasteiger partial charge in [0.25, 0.3) is 0 Å². The summed E-state index contributed by atoms with van der Waals surface area (Å²) in [5.74, 6) is 2.18. The Morgan fingerprint density at radius 1 is 1.30 bits per heavy atom. The van der Waals surface area contributed by atoms with Crippen LogP contribution in [0.4, 0.5) is 0 Å². The Hall–Kier alpha value is -1.06. The van der Waals surface area contributed by atoms with Gasteiger partial charge in [-0.05, 0) is 26.1 Å². The number of fused-ring (bicyclic) bond motifs is 1. The number of nitrogens with one attached hydrogen (secondary N) is 1. The molecule has 3 heteroatoms. The highest BCUT2D eigenvalue weighted by atomic mass is 16.5. The number of para-hydroxylation sites is 1. The third-order valence-corrected chi connectivity index (χ3v) is 4.30. The second kappa shape index (κ2) is 6.59. The molecule has 0 amide bonds. The van der Waals surface area contributed by atoms with Crippen molar-refractivity contribution in [3.05, 3.63) is 29.8 Å². The molecule has 1 N–H and O–H groups in total. The lowest BCUT2D eigenvalue weighted by molar-refractivity contribution is 0.167. The van der Waals surface area contributed by atoms with Gasteiger partial charge >= 0.3 is 0 Å². The molecular weight excluding hydrogens is 248 g/mol. The van der Waals surface area contributed by atoms with E-state index in [-0.39, 0.29) is 0 Å². The SMILES string of the molecule is CC(C)C(CNC1c2ccccc2OCC1C)N(C)C. The van der Waals surface area contributed by atoms with Crippen molar-refractivity contribution < 1.29 is 4.74 Å². The van der Waals surface area contributed by atoms with Crippen LogP contribution >= 0.6 is 0 Å². The number of rotatable bonds is 5. The van der Waals surface area contributed by atoms with Crippen LogP contribution in [0.15, 0.2) is 24.3 Å². The predicted octanol–water partition coefficient (Wildman–Crippen LogP) is 2.93. The molecule has 20 heavy (non-hydrogen) atoms. The first-order chi connectivity index (χ1) is 9.50. The molecule has 3 nitrogen and oxygen atoms in total. The second-order valence-electron chi connectivity index (χ2n) is 6.49. The molecule has 1 aromatic rings. The topological polar surface area (TPSA) is 24.5 Å². The Labute approximate surface area is 123 Å². The summed E-state index contributed by atoms with van der Waals surface area (Å²) in [5, 5.41) is 3.77. The first-order valence-corrected chi connectivity index (χ1v) is 7.62. The summed E-state index contributed by atoms with van der Waals surface area (Å²) in [7, 11) is 4.32. The zero-order valence-electron chi connectivity index (χ0n) is 13.4. The Morgan fingerprint density at radius 3 is 2.65 bits per heavy atom. The summed E-state index contributed by atoms with van der Waals surface area (Å²) in [5.41, 5.74) is 1.30. The van der Waals surface area contributed by atoms with E-state index in [4.69, 9.17) is 4.74 Å². The number of hydrogen-bond donors (Lipinski definition) is 1. The smallest absolute Gasteiger partial charge is 0.124 e. The lowest BCUT2D eigenvalue weighted by Crippen LogP contribution is -2.45. The monoisotopic (exact) mass is 276 g/mol. The fraction of sp³-hybridized carbons (Fsp3) is 0.647. The summed E-state index contributed by atoms with van der Waals surface area (Å²) in [4.78, 5) is 2.31. The van der Waals surface area contributed by atoms with Crippen LogP contribution < -0.4 is 10.1 Å². The number of ether oxygens (including phenoxy) is 1. The van der Waals surface area contributed by atoms with Crippen molar-refractivity contribution in [3.8, 4) is 5.75 Å². The molecule has 0 aliphatic carbocycles. The normalized spacial score (nSPS) is 23.6. The third-order valence-electron chi connectivity index (χ3n) is 4.30. The highest BCUT2D eigenvalue weighted by molar-refractivity contribution is 5.37. The van der Waals surface area contributed by atoms with Crippen LogP contribution in [0.3, 0.4) is 0 Å². The largest absolute Gasteiger partial charge is 0.493 e. The van der Waals surface area contributed by atoms with Gasteiger partial charge in [0.2, 0.25) is 0 Å². The summed E-state index contributed by atoms with van der Waals surface area (Å²) in [6, 6.07) is 9.34. The van der Waals surface area contributed by atoms with Gasteiger partial charge in [-0.25, -0.2) is 0 Å². The van der Waals surface area contributed by atoms with Crippen molar-refractivity contribution in [2.75, 3.05) is 27.2 Å². The molecule has 112 valence electrons. The molecular formula is C17H28N2O. The third kappa shape index (κ3) is 3.33. The van der Waals surface area contributed by atoms with Gasteiger partial charge in [-0.1, -0.05) is 39.0 Å². The first kappa shape index (κ1) is 15.3. The first-order valence-electron chi connectivity index (χ1n) is 7.62. The Balaban J connectivity index is 2.08. The second-order valence-corrected chi connectivity index (χ2v) is 6.49. The molecule has 1 aliphatic heterocycles. The predicted molar refractivity (Wildman–Crippen MR) is 84.2 cm³/mol. The van der Waals surface area contributed by atoms with Gasteiger partial charge in [-0.15, -0.1) is 0 Å². The van der Waals surface area contributed by atoms with Crippen LogP contribution in [0.25, 0.3) is 0 Å². The minimum Gasteiger partial charge on any atom is -0.493 e. The van der Waals surface area contributed by atoms with Gasteiger partial charge in [0.05, 0.1) is 6.61 Å². The molecule has 3 atom stereocenters. The number of nitrogens with zero attached hydrogens (tertiary/aromatic N) is 1. The molecule has 0 bridgehead atoms. The minimum atomic E-state index is 0.390. The quantitative estimate of drug-likeness (QED) is 0.895. The van der Waals surface area contributed by atoms with E-state index in [1.165, 1.54) is 5.56 Å². The zero-order chi connectivity index (χ0) is 14.7.